The monoisotopic (exact) mass is 289 g/mol. The summed E-state index contributed by atoms with van der Waals surface area (Å²) in [6.07, 6.45) is 0. The molecule has 102 valence electrons. The Labute approximate surface area is 117 Å². The summed E-state index contributed by atoms with van der Waals surface area (Å²) in [6, 6.07) is 3.80. The van der Waals surface area contributed by atoms with E-state index in [1.165, 1.54) is 11.3 Å². The molecule has 1 aromatic rings. The molecule has 0 saturated carbocycles. The number of primary amides is 1. The highest BCUT2D eigenvalue weighted by Crippen LogP contribution is 2.30. The Balaban J connectivity index is 2.88. The number of rotatable bonds is 7. The molecule has 1 unspecified atom stereocenters. The normalized spacial score (nSPS) is 13.2. The number of halogens is 1. The van der Waals surface area contributed by atoms with Gasteiger partial charge in [0.1, 0.15) is 0 Å². The molecule has 0 aliphatic carbocycles. The van der Waals surface area contributed by atoms with Gasteiger partial charge in [0, 0.05) is 18.0 Å². The zero-order chi connectivity index (χ0) is 13.7. The minimum atomic E-state index is -0.336. The van der Waals surface area contributed by atoms with E-state index >= 15 is 0 Å². The third kappa shape index (κ3) is 4.57. The Bertz CT molecular complexity index is 394. The first kappa shape index (κ1) is 15.4. The van der Waals surface area contributed by atoms with Crippen molar-refractivity contribution in [1.82, 2.24) is 4.90 Å². The van der Waals surface area contributed by atoms with E-state index in [0.717, 1.165) is 15.8 Å². The molecule has 1 heterocycles. The molecule has 1 atom stereocenters. The average molecular weight is 290 g/mol. The van der Waals surface area contributed by atoms with Gasteiger partial charge in [-0.2, -0.15) is 0 Å². The number of thiophene rings is 1. The lowest BCUT2D eigenvalue weighted by molar-refractivity contribution is -0.119. The van der Waals surface area contributed by atoms with Gasteiger partial charge in [0.15, 0.2) is 0 Å². The van der Waals surface area contributed by atoms with Crippen molar-refractivity contribution in [2.24, 2.45) is 17.4 Å². The Morgan fingerprint density at radius 3 is 2.56 bits per heavy atom. The van der Waals surface area contributed by atoms with Gasteiger partial charge in [-0.25, -0.2) is 0 Å². The number of hydrogen-bond acceptors (Lipinski definition) is 4. The SMILES string of the molecule is CC(C)CN(CC(N)=O)C(CN)c1ccc(Cl)s1. The molecular formula is C12H20ClN3OS. The highest BCUT2D eigenvalue weighted by Gasteiger charge is 2.22. The van der Waals surface area contributed by atoms with Crippen LogP contribution in [0.2, 0.25) is 4.34 Å². The van der Waals surface area contributed by atoms with E-state index in [2.05, 4.69) is 13.8 Å². The first-order valence-electron chi connectivity index (χ1n) is 5.91. The summed E-state index contributed by atoms with van der Waals surface area (Å²) in [5.41, 5.74) is 11.1. The topological polar surface area (TPSA) is 72.3 Å². The molecular weight excluding hydrogens is 270 g/mol. The highest BCUT2D eigenvalue weighted by atomic mass is 35.5. The Morgan fingerprint density at radius 1 is 1.50 bits per heavy atom. The fourth-order valence-corrected chi connectivity index (χ4v) is 3.13. The Kier molecular flexibility index (Phi) is 6.08. The predicted octanol–water partition coefficient (Wildman–Crippen LogP) is 1.84. The van der Waals surface area contributed by atoms with Crippen LogP contribution in [0.15, 0.2) is 12.1 Å². The minimum Gasteiger partial charge on any atom is -0.369 e. The molecule has 18 heavy (non-hydrogen) atoms. The summed E-state index contributed by atoms with van der Waals surface area (Å²) in [7, 11) is 0. The Hall–Kier alpha value is -0.620. The van der Waals surface area contributed by atoms with Crippen LogP contribution in [0.25, 0.3) is 0 Å². The van der Waals surface area contributed by atoms with Crippen LogP contribution in [-0.4, -0.2) is 30.4 Å². The second kappa shape index (κ2) is 7.09. The van der Waals surface area contributed by atoms with E-state index in [0.29, 0.717) is 12.5 Å². The quantitative estimate of drug-likeness (QED) is 0.804. The van der Waals surface area contributed by atoms with Gasteiger partial charge in [0.05, 0.1) is 16.9 Å². The van der Waals surface area contributed by atoms with Gasteiger partial charge in [-0.05, 0) is 18.1 Å². The van der Waals surface area contributed by atoms with E-state index in [1.807, 2.05) is 17.0 Å². The molecule has 4 nitrogen and oxygen atoms in total. The van der Waals surface area contributed by atoms with Crippen LogP contribution >= 0.6 is 22.9 Å². The molecule has 6 heteroatoms. The van der Waals surface area contributed by atoms with E-state index < -0.39 is 0 Å². The van der Waals surface area contributed by atoms with Crippen LogP contribution < -0.4 is 11.5 Å². The summed E-state index contributed by atoms with van der Waals surface area (Å²) < 4.78 is 0.729. The second-order valence-corrected chi connectivity index (χ2v) is 6.43. The van der Waals surface area contributed by atoms with E-state index in [-0.39, 0.29) is 18.5 Å². The van der Waals surface area contributed by atoms with Gasteiger partial charge in [-0.1, -0.05) is 25.4 Å². The molecule has 0 radical (unpaired) electrons. The van der Waals surface area contributed by atoms with Gasteiger partial charge >= 0.3 is 0 Å². The molecule has 0 aliphatic heterocycles. The molecule has 1 rings (SSSR count). The standard InChI is InChI=1S/C12H20ClN3OS/c1-8(2)6-16(7-12(15)17)9(5-14)10-3-4-11(13)18-10/h3-4,8-9H,5-7,14H2,1-2H3,(H2,15,17). The number of hydrogen-bond donors (Lipinski definition) is 2. The summed E-state index contributed by atoms with van der Waals surface area (Å²) in [6.45, 7) is 5.64. The van der Waals surface area contributed by atoms with Gasteiger partial charge in [0.25, 0.3) is 0 Å². The second-order valence-electron chi connectivity index (χ2n) is 4.68. The number of nitrogens with two attached hydrogens (primary N) is 2. The largest absolute Gasteiger partial charge is 0.369 e. The van der Waals surface area contributed by atoms with Crippen molar-refractivity contribution >= 4 is 28.8 Å². The van der Waals surface area contributed by atoms with Gasteiger partial charge in [-0.3, -0.25) is 9.69 Å². The van der Waals surface area contributed by atoms with Gasteiger partial charge in [0.2, 0.25) is 5.91 Å². The maximum absolute atomic E-state index is 11.2. The van der Waals surface area contributed by atoms with Crippen LogP contribution in [-0.2, 0) is 4.79 Å². The molecule has 4 N–H and O–H groups in total. The van der Waals surface area contributed by atoms with Crippen LogP contribution in [0, 0.1) is 5.92 Å². The van der Waals surface area contributed by atoms with Crippen molar-refractivity contribution in [3.8, 4) is 0 Å². The van der Waals surface area contributed by atoms with Crippen LogP contribution in [0.4, 0.5) is 0 Å². The molecule has 0 fully saturated rings. The van der Waals surface area contributed by atoms with Gasteiger partial charge in [-0.15, -0.1) is 11.3 Å². The lowest BCUT2D eigenvalue weighted by atomic mass is 10.1. The van der Waals surface area contributed by atoms with Crippen molar-refractivity contribution in [2.75, 3.05) is 19.6 Å². The average Bonchev–Trinajstić information content (AvgIpc) is 2.64. The number of carbonyl (C=O) groups is 1. The summed E-state index contributed by atoms with van der Waals surface area (Å²) in [5, 5.41) is 0. The molecule has 0 bridgehead atoms. The van der Waals surface area contributed by atoms with E-state index in [4.69, 9.17) is 23.1 Å². The van der Waals surface area contributed by atoms with Crippen molar-refractivity contribution in [3.05, 3.63) is 21.3 Å². The third-order valence-corrected chi connectivity index (χ3v) is 3.88. The summed E-state index contributed by atoms with van der Waals surface area (Å²) >= 11 is 7.44. The van der Waals surface area contributed by atoms with Crippen molar-refractivity contribution in [2.45, 2.75) is 19.9 Å². The minimum absolute atomic E-state index is 0.00241. The summed E-state index contributed by atoms with van der Waals surface area (Å²) in [5.74, 6) is 0.102. The number of carbonyl (C=O) groups excluding carboxylic acids is 1. The maximum atomic E-state index is 11.2. The third-order valence-electron chi connectivity index (χ3n) is 2.55. The van der Waals surface area contributed by atoms with Crippen LogP contribution in [0.5, 0.6) is 0 Å². The lowest BCUT2D eigenvalue weighted by Gasteiger charge is -2.30. The van der Waals surface area contributed by atoms with E-state index in [9.17, 15) is 4.79 Å². The lowest BCUT2D eigenvalue weighted by Crippen LogP contribution is -2.41. The first-order chi connectivity index (χ1) is 8.43. The molecule has 0 aromatic carbocycles. The highest BCUT2D eigenvalue weighted by molar-refractivity contribution is 7.16. The van der Waals surface area contributed by atoms with Crippen LogP contribution in [0.1, 0.15) is 24.8 Å². The molecule has 0 spiro atoms. The van der Waals surface area contributed by atoms with Gasteiger partial charge < -0.3 is 11.5 Å². The predicted molar refractivity (Wildman–Crippen MR) is 76.7 cm³/mol. The fourth-order valence-electron chi connectivity index (χ4n) is 1.92. The number of nitrogens with zero attached hydrogens (tertiary/aromatic N) is 1. The smallest absolute Gasteiger partial charge is 0.231 e. The molecule has 0 aliphatic rings. The summed E-state index contributed by atoms with van der Waals surface area (Å²) in [4.78, 5) is 14.3. The Morgan fingerprint density at radius 2 is 2.17 bits per heavy atom. The van der Waals surface area contributed by atoms with E-state index in [1.54, 1.807) is 0 Å². The van der Waals surface area contributed by atoms with Crippen molar-refractivity contribution < 1.29 is 4.79 Å². The van der Waals surface area contributed by atoms with Crippen molar-refractivity contribution in [1.29, 1.82) is 0 Å². The zero-order valence-electron chi connectivity index (χ0n) is 10.7. The number of amides is 1. The van der Waals surface area contributed by atoms with Crippen molar-refractivity contribution in [3.63, 3.8) is 0 Å². The fraction of sp³-hybridized carbons (Fsp3) is 0.583. The zero-order valence-corrected chi connectivity index (χ0v) is 12.3. The maximum Gasteiger partial charge on any atom is 0.231 e. The molecule has 1 amide bonds. The molecule has 1 aromatic heterocycles. The van der Waals surface area contributed by atoms with Crippen LogP contribution in [0.3, 0.4) is 0 Å². The first-order valence-corrected chi connectivity index (χ1v) is 7.11. The molecule has 0 saturated heterocycles.